The zero-order valence-corrected chi connectivity index (χ0v) is 30.6. The number of H-pyrrole nitrogens is 1. The number of carbonyl (C=O) groups is 1. The van der Waals surface area contributed by atoms with Gasteiger partial charge in [0.1, 0.15) is 0 Å². The Bertz CT molecular complexity index is 2170. The van der Waals surface area contributed by atoms with Crippen LogP contribution in [-0.2, 0) is 0 Å². The summed E-state index contributed by atoms with van der Waals surface area (Å²) in [4.78, 5) is 34.3. The summed E-state index contributed by atoms with van der Waals surface area (Å²) in [6.45, 7) is 7.09. The quantitative estimate of drug-likeness (QED) is 0.147. The lowest BCUT2D eigenvalue weighted by atomic mass is 9.32. The number of Topliss-reactive ketones (excluding diaryl/α,β-unsaturated/α-hetero) is 1. The second kappa shape index (κ2) is 10.9. The third kappa shape index (κ3) is 4.22. The molecule has 3 heterocycles. The molecular formula is C43H49N3O4S. The first-order chi connectivity index (χ1) is 24.5. The molecule has 2 aromatic carbocycles. The number of hydrogen-bond acceptors (Lipinski definition) is 6. The van der Waals surface area contributed by atoms with Crippen LogP contribution in [0.15, 0.2) is 83.2 Å². The van der Waals surface area contributed by atoms with Gasteiger partial charge in [0.25, 0.3) is 0 Å². The molecule has 3 N–H and O–H groups in total. The van der Waals surface area contributed by atoms with Gasteiger partial charge >= 0.3 is 5.69 Å². The summed E-state index contributed by atoms with van der Waals surface area (Å²) in [6.07, 6.45) is 14.5. The molecule has 3 saturated carbocycles. The number of ketones is 1. The molecule has 1 saturated heterocycles. The first kappa shape index (κ1) is 32.4. The molecule has 1 aliphatic heterocycles. The molecule has 0 amide bonds. The largest absolute Gasteiger partial charge is 0.393 e. The van der Waals surface area contributed by atoms with E-state index in [4.69, 9.17) is 0 Å². The highest BCUT2D eigenvalue weighted by atomic mass is 32.1. The predicted molar refractivity (Wildman–Crippen MR) is 202 cm³/mol. The summed E-state index contributed by atoms with van der Waals surface area (Å²) in [6, 6.07) is 18.4. The Hall–Kier alpha value is -3.30. The van der Waals surface area contributed by atoms with Gasteiger partial charge in [-0.25, -0.2) is 4.79 Å². The molecule has 8 heteroatoms. The van der Waals surface area contributed by atoms with Crippen molar-refractivity contribution in [2.24, 2.45) is 33.5 Å². The van der Waals surface area contributed by atoms with Gasteiger partial charge in [-0.2, -0.15) is 0 Å². The van der Waals surface area contributed by atoms with Gasteiger partial charge in [-0.3, -0.25) is 9.36 Å². The van der Waals surface area contributed by atoms with Gasteiger partial charge in [-0.1, -0.05) is 62.4 Å². The summed E-state index contributed by atoms with van der Waals surface area (Å²) in [5.41, 5.74) is 0.668. The van der Waals surface area contributed by atoms with Crippen molar-refractivity contribution in [2.45, 2.75) is 89.4 Å². The normalized spacial score (nSPS) is 39.2. The van der Waals surface area contributed by atoms with E-state index in [1.165, 1.54) is 0 Å². The van der Waals surface area contributed by atoms with E-state index in [0.29, 0.717) is 13.0 Å². The number of β-amino-alcohol motifs (C(OH)–C–C–N with tert-alkyl or cyclic N) is 1. The summed E-state index contributed by atoms with van der Waals surface area (Å²) in [5, 5.41) is 25.1. The smallest absolute Gasteiger partial charge is 0.326 e. The number of aliphatic hydroxyl groups excluding tert-OH is 1. The Kier molecular flexibility index (Phi) is 6.90. The number of piperidine rings is 1. The fraction of sp³-hybridized carbons (Fsp3) is 0.535. The number of carbonyl (C=O) groups excluding carboxylic acids is 1. The van der Waals surface area contributed by atoms with Gasteiger partial charge in [0.05, 0.1) is 27.6 Å². The average molecular weight is 704 g/mol. The third-order valence-corrected chi connectivity index (χ3v) is 16.8. The molecule has 266 valence electrons. The van der Waals surface area contributed by atoms with E-state index in [9.17, 15) is 15.0 Å². The van der Waals surface area contributed by atoms with E-state index in [0.717, 1.165) is 96.0 Å². The van der Waals surface area contributed by atoms with Crippen molar-refractivity contribution in [3.8, 4) is 0 Å². The number of nitrogens with zero attached hydrogens (tertiary/aromatic N) is 2. The number of imidazole rings is 1. The lowest BCUT2D eigenvalue weighted by molar-refractivity contribution is -0.176. The first-order valence-corrected chi connectivity index (χ1v) is 20.1. The van der Waals surface area contributed by atoms with Crippen molar-refractivity contribution in [3.05, 3.63) is 93.8 Å². The van der Waals surface area contributed by atoms with Crippen LogP contribution in [0.3, 0.4) is 0 Å². The molecule has 8 atom stereocenters. The number of para-hydroxylation sites is 2. The summed E-state index contributed by atoms with van der Waals surface area (Å²) < 4.78 is 3.07. The fourth-order valence-electron chi connectivity index (χ4n) is 13.0. The summed E-state index contributed by atoms with van der Waals surface area (Å²) >= 11 is 1.59. The predicted octanol–water partition coefficient (Wildman–Crippen LogP) is 7.66. The van der Waals surface area contributed by atoms with Gasteiger partial charge in [-0.05, 0) is 105 Å². The maximum absolute atomic E-state index is 15.0. The van der Waals surface area contributed by atoms with Crippen molar-refractivity contribution in [3.63, 3.8) is 0 Å². The molecule has 0 radical (unpaired) electrons. The number of likely N-dealkylation sites (tertiary alicyclic amines) is 1. The number of benzene rings is 2. The third-order valence-electron chi connectivity index (χ3n) is 15.6. The highest BCUT2D eigenvalue weighted by molar-refractivity contribution is 7.21. The van der Waals surface area contributed by atoms with Crippen LogP contribution in [0.2, 0.25) is 0 Å². The number of nitrogens with one attached hydrogen (secondary N) is 1. The van der Waals surface area contributed by atoms with Gasteiger partial charge in [-0.15, -0.1) is 11.3 Å². The van der Waals surface area contributed by atoms with Gasteiger partial charge in [0, 0.05) is 52.2 Å². The monoisotopic (exact) mass is 703 g/mol. The molecule has 6 aliphatic carbocycles. The summed E-state index contributed by atoms with van der Waals surface area (Å²) in [5.74, 6) is 0.562. The standard InChI is InChI=1S/C43H49N3O4S/c1-39-16-11-29(47)24-41(39)19-20-43(30(25-41)37(48)34-23-27-7-3-6-10-33(27)51-34)35(39)12-17-40(2)36(43)13-18-42(40,50)26-45-21-14-28(15-22-45)46-32-9-5-4-8-31(32)44-38(46)49/h3-10,19-20,23,25,28-29,35-36,47,50H,11-18,21-22,24,26H2,1-2H3,(H,44,49)/t29-,35?,36?,39+,40-,41?,42+,43?/m0/s1. The molecule has 4 fully saturated rings. The maximum atomic E-state index is 15.0. The minimum atomic E-state index is -0.878. The average Bonchev–Trinajstić information content (AvgIpc) is 3.79. The highest BCUT2D eigenvalue weighted by Crippen LogP contribution is 2.78. The van der Waals surface area contributed by atoms with Crippen molar-refractivity contribution in [1.29, 1.82) is 0 Å². The number of allylic oxidation sites excluding steroid dienone is 4. The van der Waals surface area contributed by atoms with Crippen molar-refractivity contribution >= 4 is 38.2 Å². The Morgan fingerprint density at radius 2 is 1.65 bits per heavy atom. The molecule has 2 bridgehead atoms. The number of aromatic amines is 1. The van der Waals surface area contributed by atoms with Crippen LogP contribution >= 0.6 is 11.3 Å². The number of thiophene rings is 1. The number of aromatic nitrogens is 2. The van der Waals surface area contributed by atoms with E-state index < -0.39 is 11.0 Å². The second-order valence-corrected chi connectivity index (χ2v) is 18.7. The van der Waals surface area contributed by atoms with E-state index >= 15 is 4.79 Å². The Morgan fingerprint density at radius 1 is 0.922 bits per heavy atom. The second-order valence-electron chi connectivity index (χ2n) is 17.6. The molecule has 4 aromatic rings. The SMILES string of the molecule is C[C@]12CCC3C4(C=CC5(C=C4C(=O)c4cc6ccccc6s4)C[C@@H](O)CC[C@]35C)C1CC[C@@]2(O)CN1CCC(n2c(=O)[nH]c3ccccc32)CC1. The van der Waals surface area contributed by atoms with Crippen molar-refractivity contribution < 1.29 is 15.0 Å². The zero-order valence-electron chi connectivity index (χ0n) is 29.7. The van der Waals surface area contributed by atoms with Crippen LogP contribution in [0.1, 0.15) is 87.3 Å². The van der Waals surface area contributed by atoms with Gasteiger partial charge < -0.3 is 20.1 Å². The molecule has 2 aromatic heterocycles. The lowest BCUT2D eigenvalue weighted by Gasteiger charge is -2.71. The highest BCUT2D eigenvalue weighted by Gasteiger charge is 2.74. The number of aliphatic hydroxyl groups is 2. The lowest BCUT2D eigenvalue weighted by Crippen LogP contribution is -2.67. The van der Waals surface area contributed by atoms with Crippen LogP contribution in [0, 0.1) is 33.5 Å². The van der Waals surface area contributed by atoms with Crippen LogP contribution < -0.4 is 5.69 Å². The molecule has 4 unspecified atom stereocenters. The van der Waals surface area contributed by atoms with Crippen LogP contribution in [0.25, 0.3) is 21.1 Å². The number of fused-ring (bicyclic) bond motifs is 3. The van der Waals surface area contributed by atoms with E-state index in [1.807, 2.05) is 41.0 Å². The molecular weight excluding hydrogens is 655 g/mol. The number of hydrogen-bond donors (Lipinski definition) is 3. The first-order valence-electron chi connectivity index (χ1n) is 19.3. The van der Waals surface area contributed by atoms with E-state index in [-0.39, 0.29) is 51.7 Å². The van der Waals surface area contributed by atoms with Crippen molar-refractivity contribution in [2.75, 3.05) is 19.6 Å². The van der Waals surface area contributed by atoms with Crippen LogP contribution in [0.5, 0.6) is 0 Å². The van der Waals surface area contributed by atoms with Gasteiger partial charge in [0.2, 0.25) is 0 Å². The Morgan fingerprint density at radius 3 is 2.47 bits per heavy atom. The van der Waals surface area contributed by atoms with Crippen LogP contribution in [0.4, 0.5) is 0 Å². The van der Waals surface area contributed by atoms with E-state index in [1.54, 1.807) is 11.3 Å². The minimum absolute atomic E-state index is 0.0392. The Balaban J connectivity index is 0.985. The van der Waals surface area contributed by atoms with Gasteiger partial charge in [0.15, 0.2) is 5.78 Å². The maximum Gasteiger partial charge on any atom is 0.326 e. The van der Waals surface area contributed by atoms with Crippen molar-refractivity contribution in [1.82, 2.24) is 14.5 Å². The minimum Gasteiger partial charge on any atom is -0.393 e. The van der Waals surface area contributed by atoms with E-state index in [2.05, 4.69) is 60.2 Å². The van der Waals surface area contributed by atoms with Crippen LogP contribution in [-0.4, -0.2) is 61.8 Å². The topological polar surface area (TPSA) is 98.6 Å². The molecule has 11 rings (SSSR count). The molecule has 7 aliphatic rings. The fourth-order valence-corrected chi connectivity index (χ4v) is 14.0. The zero-order chi connectivity index (χ0) is 35.0. The number of rotatable bonds is 5. The molecule has 2 spiro atoms. The molecule has 51 heavy (non-hydrogen) atoms. The Labute approximate surface area is 303 Å². The molecule has 7 nitrogen and oxygen atoms in total. The summed E-state index contributed by atoms with van der Waals surface area (Å²) in [7, 11) is 0.